The van der Waals surface area contributed by atoms with Crippen molar-refractivity contribution in [2.24, 2.45) is 5.73 Å². The molecule has 0 saturated carbocycles. The highest BCUT2D eigenvalue weighted by Gasteiger charge is 2.26. The molecule has 0 fully saturated rings. The van der Waals surface area contributed by atoms with Crippen LogP contribution in [-0.4, -0.2) is 28.9 Å². The molecule has 2 aromatic carbocycles. The fourth-order valence-electron chi connectivity index (χ4n) is 4.42. The molecule has 0 radical (unpaired) electrons. The zero-order valence-electron chi connectivity index (χ0n) is 19.1. The first-order valence-electron chi connectivity index (χ1n) is 11.0. The lowest BCUT2D eigenvalue weighted by Gasteiger charge is -2.23. The quantitative estimate of drug-likeness (QED) is 0.554. The molecular formula is C26H30N2O4. The summed E-state index contributed by atoms with van der Waals surface area (Å²) in [4.78, 5) is 12.6. The number of aromatic nitrogens is 1. The van der Waals surface area contributed by atoms with Crippen molar-refractivity contribution in [3.8, 4) is 22.8 Å². The van der Waals surface area contributed by atoms with Gasteiger partial charge in [0.2, 0.25) is 0 Å². The molecule has 0 spiro atoms. The van der Waals surface area contributed by atoms with Crippen molar-refractivity contribution < 1.29 is 19.4 Å². The van der Waals surface area contributed by atoms with E-state index in [1.54, 1.807) is 0 Å². The number of ether oxygens (including phenoxy) is 2. The van der Waals surface area contributed by atoms with Crippen molar-refractivity contribution in [2.45, 2.75) is 46.7 Å². The van der Waals surface area contributed by atoms with Gasteiger partial charge < -0.3 is 24.9 Å². The monoisotopic (exact) mass is 434 g/mol. The molecule has 0 bridgehead atoms. The van der Waals surface area contributed by atoms with E-state index in [9.17, 15) is 9.90 Å². The maximum Gasteiger partial charge on any atom is 0.340 e. The van der Waals surface area contributed by atoms with E-state index in [0.717, 1.165) is 46.6 Å². The molecule has 168 valence electrons. The van der Waals surface area contributed by atoms with Gasteiger partial charge in [-0.15, -0.1) is 0 Å². The SMILES string of the molecule is CCOC(=O)c1cc(C)n2c1-c1cc(OCC(N)c3cc(C)c(O)c(C)c3)ccc1CC2. The third-order valence-electron chi connectivity index (χ3n) is 6.11. The predicted molar refractivity (Wildman–Crippen MR) is 124 cm³/mol. The van der Waals surface area contributed by atoms with E-state index in [2.05, 4.69) is 10.6 Å². The van der Waals surface area contributed by atoms with E-state index in [1.165, 1.54) is 5.56 Å². The maximum atomic E-state index is 12.6. The summed E-state index contributed by atoms with van der Waals surface area (Å²) in [5.74, 6) is 0.699. The minimum Gasteiger partial charge on any atom is -0.507 e. The van der Waals surface area contributed by atoms with Gasteiger partial charge >= 0.3 is 5.97 Å². The van der Waals surface area contributed by atoms with Crippen LogP contribution in [0.2, 0.25) is 0 Å². The largest absolute Gasteiger partial charge is 0.507 e. The Morgan fingerprint density at radius 3 is 2.56 bits per heavy atom. The molecule has 1 aliphatic heterocycles. The zero-order chi connectivity index (χ0) is 23.0. The molecule has 1 aromatic heterocycles. The fraction of sp³-hybridized carbons (Fsp3) is 0.346. The molecule has 6 heteroatoms. The van der Waals surface area contributed by atoms with E-state index in [0.29, 0.717) is 30.3 Å². The molecule has 2 heterocycles. The van der Waals surface area contributed by atoms with E-state index < -0.39 is 0 Å². The first-order valence-corrected chi connectivity index (χ1v) is 11.0. The summed E-state index contributed by atoms with van der Waals surface area (Å²) in [5, 5.41) is 10.0. The number of aromatic hydroxyl groups is 1. The van der Waals surface area contributed by atoms with Crippen LogP contribution in [0.1, 0.15) is 51.3 Å². The van der Waals surface area contributed by atoms with Crippen molar-refractivity contribution in [3.05, 3.63) is 69.9 Å². The average Bonchev–Trinajstić information content (AvgIpc) is 3.12. The summed E-state index contributed by atoms with van der Waals surface area (Å²) in [5.41, 5.74) is 13.6. The first kappa shape index (κ1) is 22.0. The third-order valence-corrected chi connectivity index (χ3v) is 6.11. The van der Waals surface area contributed by atoms with E-state index in [-0.39, 0.29) is 12.0 Å². The molecular weight excluding hydrogens is 404 g/mol. The van der Waals surface area contributed by atoms with Crippen molar-refractivity contribution in [3.63, 3.8) is 0 Å². The van der Waals surface area contributed by atoms with Gasteiger partial charge in [0.05, 0.1) is 23.9 Å². The van der Waals surface area contributed by atoms with E-state index in [1.807, 2.05) is 58.0 Å². The topological polar surface area (TPSA) is 86.7 Å². The lowest BCUT2D eigenvalue weighted by molar-refractivity contribution is 0.0527. The number of fused-ring (bicyclic) bond motifs is 3. The highest BCUT2D eigenvalue weighted by molar-refractivity contribution is 5.98. The summed E-state index contributed by atoms with van der Waals surface area (Å²) in [6, 6.07) is 11.4. The number of rotatable bonds is 6. The molecule has 32 heavy (non-hydrogen) atoms. The summed E-state index contributed by atoms with van der Waals surface area (Å²) >= 11 is 0. The number of phenols is 1. The molecule has 1 aliphatic rings. The fourth-order valence-corrected chi connectivity index (χ4v) is 4.42. The minimum absolute atomic E-state index is 0.298. The van der Waals surface area contributed by atoms with Crippen LogP contribution < -0.4 is 10.5 Å². The minimum atomic E-state index is -0.328. The Morgan fingerprint density at radius 2 is 1.88 bits per heavy atom. The second kappa shape index (κ2) is 8.71. The van der Waals surface area contributed by atoms with Gasteiger partial charge in [0.25, 0.3) is 0 Å². The smallest absolute Gasteiger partial charge is 0.340 e. The number of aryl methyl sites for hydroxylation is 4. The van der Waals surface area contributed by atoms with Crippen LogP contribution in [0, 0.1) is 20.8 Å². The van der Waals surface area contributed by atoms with Gasteiger partial charge in [-0.2, -0.15) is 0 Å². The van der Waals surface area contributed by atoms with Gasteiger partial charge in [-0.05, 0) is 74.6 Å². The van der Waals surface area contributed by atoms with Crippen molar-refractivity contribution >= 4 is 5.97 Å². The number of hydrogen-bond acceptors (Lipinski definition) is 5. The summed E-state index contributed by atoms with van der Waals surface area (Å²) in [6.45, 7) is 9.02. The summed E-state index contributed by atoms with van der Waals surface area (Å²) in [6.07, 6.45) is 0.895. The highest BCUT2D eigenvalue weighted by atomic mass is 16.5. The molecule has 3 aromatic rings. The summed E-state index contributed by atoms with van der Waals surface area (Å²) < 4.78 is 13.5. The average molecular weight is 435 g/mol. The Labute approximate surface area is 188 Å². The van der Waals surface area contributed by atoms with Gasteiger partial charge in [-0.25, -0.2) is 4.79 Å². The Kier molecular flexibility index (Phi) is 5.98. The second-order valence-electron chi connectivity index (χ2n) is 8.41. The van der Waals surface area contributed by atoms with Crippen LogP contribution in [0.15, 0.2) is 36.4 Å². The van der Waals surface area contributed by atoms with Gasteiger partial charge in [-0.3, -0.25) is 0 Å². The van der Waals surface area contributed by atoms with Gasteiger partial charge in [0.1, 0.15) is 18.1 Å². The maximum absolute atomic E-state index is 12.6. The molecule has 3 N–H and O–H groups in total. The van der Waals surface area contributed by atoms with Crippen LogP contribution in [-0.2, 0) is 17.7 Å². The lowest BCUT2D eigenvalue weighted by Crippen LogP contribution is -2.19. The van der Waals surface area contributed by atoms with Gasteiger partial charge in [0, 0.05) is 17.8 Å². The van der Waals surface area contributed by atoms with Crippen molar-refractivity contribution in [2.75, 3.05) is 13.2 Å². The van der Waals surface area contributed by atoms with Crippen LogP contribution in [0.25, 0.3) is 11.3 Å². The Balaban J connectivity index is 1.60. The van der Waals surface area contributed by atoms with Crippen LogP contribution >= 0.6 is 0 Å². The number of phenolic OH excluding ortho intramolecular Hbond substituents is 1. The number of esters is 1. The molecule has 6 nitrogen and oxygen atoms in total. The second-order valence-corrected chi connectivity index (χ2v) is 8.41. The van der Waals surface area contributed by atoms with E-state index >= 15 is 0 Å². The summed E-state index contributed by atoms with van der Waals surface area (Å²) in [7, 11) is 0. The standard InChI is InChI=1S/C26H30N2O4/c1-5-31-26(30)22-12-17(4)28-9-8-18-6-7-20(13-21(18)24(22)28)32-14-23(27)19-10-15(2)25(29)16(3)11-19/h6-7,10-13,23,29H,5,8-9,14,27H2,1-4H3. The molecule has 0 aliphatic carbocycles. The zero-order valence-corrected chi connectivity index (χ0v) is 19.1. The molecule has 0 saturated heterocycles. The Hall–Kier alpha value is -3.25. The molecule has 1 atom stereocenters. The number of nitrogens with zero attached hydrogens (tertiary/aromatic N) is 1. The van der Waals surface area contributed by atoms with E-state index in [4.69, 9.17) is 15.2 Å². The Morgan fingerprint density at radius 1 is 1.16 bits per heavy atom. The number of carbonyl (C=O) groups is 1. The van der Waals surface area contributed by atoms with Crippen molar-refractivity contribution in [1.82, 2.24) is 4.57 Å². The van der Waals surface area contributed by atoms with Gasteiger partial charge in [0.15, 0.2) is 0 Å². The predicted octanol–water partition coefficient (Wildman–Crippen LogP) is 4.60. The number of benzene rings is 2. The Bertz CT molecular complexity index is 1160. The van der Waals surface area contributed by atoms with Crippen LogP contribution in [0.5, 0.6) is 11.5 Å². The number of hydrogen-bond donors (Lipinski definition) is 2. The number of nitrogens with two attached hydrogens (primary N) is 1. The number of carbonyl (C=O) groups excluding carboxylic acids is 1. The third kappa shape index (κ3) is 3.98. The normalized spacial score (nSPS) is 13.3. The first-order chi connectivity index (χ1) is 15.3. The van der Waals surface area contributed by atoms with Crippen LogP contribution in [0.4, 0.5) is 0 Å². The molecule has 1 unspecified atom stereocenters. The molecule has 0 amide bonds. The lowest BCUT2D eigenvalue weighted by atomic mass is 9.96. The molecule has 4 rings (SSSR count). The highest BCUT2D eigenvalue weighted by Crippen LogP contribution is 2.37. The van der Waals surface area contributed by atoms with Gasteiger partial charge in [-0.1, -0.05) is 18.2 Å². The van der Waals surface area contributed by atoms with Crippen LogP contribution in [0.3, 0.4) is 0 Å². The van der Waals surface area contributed by atoms with Crippen molar-refractivity contribution in [1.29, 1.82) is 0 Å².